The number of carbonyl (C=O) groups is 1. The van der Waals surface area contributed by atoms with Gasteiger partial charge in [-0.2, -0.15) is 0 Å². The van der Waals surface area contributed by atoms with Crippen LogP contribution in [0.3, 0.4) is 0 Å². The van der Waals surface area contributed by atoms with E-state index in [1.807, 2.05) is 36.1 Å². The Balaban J connectivity index is 1.63. The first-order chi connectivity index (χ1) is 19.2. The zero-order chi connectivity index (χ0) is 29.1. The summed E-state index contributed by atoms with van der Waals surface area (Å²) in [5, 5.41) is 12.5. The van der Waals surface area contributed by atoms with E-state index in [1.165, 1.54) is 0 Å². The van der Waals surface area contributed by atoms with Crippen LogP contribution in [0.4, 0.5) is 4.79 Å². The lowest BCUT2D eigenvalue weighted by Crippen LogP contribution is -2.65. The normalized spacial score (nSPS) is 20.6. The predicted molar refractivity (Wildman–Crippen MR) is 157 cm³/mol. The molecule has 1 N–H and O–H groups in total. The smallest absolute Gasteiger partial charge is 0.323 e. The first kappa shape index (κ1) is 30.0. The summed E-state index contributed by atoms with van der Waals surface area (Å²) < 4.78 is 22.6. The Morgan fingerprint density at radius 2 is 1.52 bits per heavy atom. The van der Waals surface area contributed by atoms with Crippen molar-refractivity contribution >= 4 is 22.0 Å². The number of aliphatic hydroxyl groups is 1. The number of piperidine rings is 1. The van der Waals surface area contributed by atoms with Crippen molar-refractivity contribution in [1.82, 2.24) is 14.7 Å². The molecule has 4 rings (SSSR count). The number of likely N-dealkylation sites (tertiary alicyclic amines) is 1. The zero-order valence-corrected chi connectivity index (χ0v) is 25.6. The second-order valence-electron chi connectivity index (χ2n) is 10.3. The van der Waals surface area contributed by atoms with Crippen molar-refractivity contribution in [2.75, 3.05) is 48.1 Å². The third-order valence-electron chi connectivity index (χ3n) is 8.29. The van der Waals surface area contributed by atoms with E-state index in [-0.39, 0.29) is 19.0 Å². The topological polar surface area (TPSA) is 83.9 Å². The third-order valence-corrected chi connectivity index (χ3v) is 9.19. The van der Waals surface area contributed by atoms with E-state index in [4.69, 9.17) is 18.9 Å². The molecule has 0 bridgehead atoms. The van der Waals surface area contributed by atoms with Gasteiger partial charge in [0.2, 0.25) is 0 Å². The second kappa shape index (κ2) is 12.3. The minimum absolute atomic E-state index is 0.183. The monoisotopic (exact) mass is 617 g/mol. The Morgan fingerprint density at radius 3 is 2.05 bits per heavy atom. The molecule has 2 aliphatic rings. The Labute approximate surface area is 245 Å². The zero-order valence-electron chi connectivity index (χ0n) is 24.0. The van der Waals surface area contributed by atoms with Gasteiger partial charge in [-0.1, -0.05) is 6.08 Å². The summed E-state index contributed by atoms with van der Waals surface area (Å²) in [6.45, 7) is 8.73. The molecule has 40 heavy (non-hydrogen) atoms. The van der Waals surface area contributed by atoms with Crippen LogP contribution in [0.25, 0.3) is 0 Å². The van der Waals surface area contributed by atoms with Gasteiger partial charge >= 0.3 is 6.03 Å². The minimum Gasteiger partial charge on any atom is -0.497 e. The molecule has 0 aliphatic carbocycles. The lowest BCUT2D eigenvalue weighted by Gasteiger charge is -2.51. The lowest BCUT2D eigenvalue weighted by molar-refractivity contribution is -0.150. The van der Waals surface area contributed by atoms with Crippen LogP contribution in [-0.2, 0) is 13.1 Å². The molecule has 218 valence electrons. The van der Waals surface area contributed by atoms with Crippen molar-refractivity contribution in [3.63, 3.8) is 0 Å². The number of benzene rings is 2. The summed E-state index contributed by atoms with van der Waals surface area (Å²) in [4.78, 5) is 19.8. The highest BCUT2D eigenvalue weighted by molar-refractivity contribution is 9.10. The fourth-order valence-electron chi connectivity index (χ4n) is 6.24. The fourth-order valence-corrected chi connectivity index (χ4v) is 6.75. The van der Waals surface area contributed by atoms with Gasteiger partial charge in [0.05, 0.1) is 45.0 Å². The van der Waals surface area contributed by atoms with Crippen LogP contribution in [0.1, 0.15) is 37.3 Å². The van der Waals surface area contributed by atoms with Crippen molar-refractivity contribution < 1.29 is 28.8 Å². The van der Waals surface area contributed by atoms with E-state index in [9.17, 15) is 9.90 Å². The van der Waals surface area contributed by atoms with Gasteiger partial charge in [-0.3, -0.25) is 9.80 Å². The quantitative estimate of drug-likeness (QED) is 0.354. The number of ether oxygens (including phenoxy) is 4. The van der Waals surface area contributed by atoms with E-state index in [0.29, 0.717) is 50.5 Å². The lowest BCUT2D eigenvalue weighted by atomic mass is 9.75. The standard InChI is InChI=1S/C30H40BrN3O6/c1-7-9-30(36)29(10-12-32(13-11-29)19-21-14-23(37-3)17-24(15-21)38-4)33(8-2)28(35)34(30)20-22-16-25(39-5)18-26(40-6)27(22)31/h7,14-18,36H,1,8-13,19-20H2,2-6H3. The maximum absolute atomic E-state index is 14.0. The molecule has 2 aliphatic heterocycles. The molecule has 9 nitrogen and oxygen atoms in total. The van der Waals surface area contributed by atoms with Gasteiger partial charge in [-0.05, 0) is 65.0 Å². The van der Waals surface area contributed by atoms with E-state index >= 15 is 0 Å². The number of amides is 2. The summed E-state index contributed by atoms with van der Waals surface area (Å²) in [7, 11) is 6.46. The Morgan fingerprint density at radius 1 is 0.925 bits per heavy atom. The summed E-state index contributed by atoms with van der Waals surface area (Å²) in [5.74, 6) is 2.70. The number of halogens is 1. The fraction of sp³-hybridized carbons (Fsp3) is 0.500. The highest BCUT2D eigenvalue weighted by Crippen LogP contribution is 2.50. The number of urea groups is 1. The molecular formula is C30H40BrN3O6. The minimum atomic E-state index is -1.44. The maximum atomic E-state index is 14.0. The molecule has 2 aromatic carbocycles. The van der Waals surface area contributed by atoms with Crippen LogP contribution >= 0.6 is 15.9 Å². The molecule has 2 fully saturated rings. The first-order valence-electron chi connectivity index (χ1n) is 13.5. The van der Waals surface area contributed by atoms with Crippen LogP contribution in [0, 0.1) is 0 Å². The van der Waals surface area contributed by atoms with Crippen molar-refractivity contribution in [3.8, 4) is 23.0 Å². The highest BCUT2D eigenvalue weighted by Gasteiger charge is 2.65. The Hall–Kier alpha value is -2.95. The molecule has 2 aromatic rings. The van der Waals surface area contributed by atoms with Crippen LogP contribution in [0.2, 0.25) is 0 Å². The van der Waals surface area contributed by atoms with E-state index in [0.717, 1.165) is 27.1 Å². The van der Waals surface area contributed by atoms with Crippen LogP contribution < -0.4 is 18.9 Å². The number of hydrogen-bond acceptors (Lipinski definition) is 7. The average molecular weight is 619 g/mol. The molecule has 1 spiro atoms. The summed E-state index contributed by atoms with van der Waals surface area (Å²) in [6.07, 6.45) is 3.20. The number of rotatable bonds is 11. The SMILES string of the molecule is C=CCC1(O)N(Cc2cc(OC)cc(OC)c2Br)C(=O)N(CC)C12CCN(Cc1cc(OC)cc(OC)c1)CC2. The van der Waals surface area contributed by atoms with Gasteiger partial charge in [-0.25, -0.2) is 4.79 Å². The molecule has 2 amide bonds. The van der Waals surface area contributed by atoms with Crippen LogP contribution in [0.15, 0.2) is 47.5 Å². The molecular weight excluding hydrogens is 578 g/mol. The summed E-state index contributed by atoms with van der Waals surface area (Å²) >= 11 is 3.63. The molecule has 1 unspecified atom stereocenters. The van der Waals surface area contributed by atoms with Crippen molar-refractivity contribution in [1.29, 1.82) is 0 Å². The van der Waals surface area contributed by atoms with Gasteiger partial charge in [0.15, 0.2) is 5.72 Å². The maximum Gasteiger partial charge on any atom is 0.323 e. The highest BCUT2D eigenvalue weighted by atomic mass is 79.9. The van der Waals surface area contributed by atoms with Crippen LogP contribution in [-0.4, -0.2) is 85.2 Å². The van der Waals surface area contributed by atoms with Gasteiger partial charge in [-0.15, -0.1) is 6.58 Å². The van der Waals surface area contributed by atoms with Gasteiger partial charge in [0.25, 0.3) is 0 Å². The number of likely N-dealkylation sites (N-methyl/N-ethyl adjacent to an activating group) is 1. The van der Waals surface area contributed by atoms with E-state index in [1.54, 1.807) is 45.5 Å². The summed E-state index contributed by atoms with van der Waals surface area (Å²) in [5.41, 5.74) is -0.334. The Kier molecular flexibility index (Phi) is 9.22. The van der Waals surface area contributed by atoms with Crippen LogP contribution in [0.5, 0.6) is 23.0 Å². The largest absolute Gasteiger partial charge is 0.497 e. The average Bonchev–Trinajstić information content (AvgIpc) is 3.12. The molecule has 10 heteroatoms. The van der Waals surface area contributed by atoms with Gasteiger partial charge < -0.3 is 29.0 Å². The molecule has 1 atom stereocenters. The van der Waals surface area contributed by atoms with E-state index in [2.05, 4.69) is 27.4 Å². The van der Waals surface area contributed by atoms with Gasteiger partial charge in [0.1, 0.15) is 23.0 Å². The Bertz CT molecular complexity index is 1210. The molecule has 0 radical (unpaired) electrons. The van der Waals surface area contributed by atoms with Crippen molar-refractivity contribution in [2.45, 2.75) is 50.5 Å². The third kappa shape index (κ3) is 5.24. The molecule has 0 saturated carbocycles. The van der Waals surface area contributed by atoms with Crippen molar-refractivity contribution in [3.05, 3.63) is 58.6 Å². The molecule has 0 aromatic heterocycles. The summed E-state index contributed by atoms with van der Waals surface area (Å²) in [6, 6.07) is 9.34. The number of methoxy groups -OCH3 is 4. The first-order valence-corrected chi connectivity index (χ1v) is 14.3. The number of carbonyl (C=O) groups excluding carboxylic acids is 1. The molecule has 2 saturated heterocycles. The predicted octanol–water partition coefficient (Wildman–Crippen LogP) is 5.04. The number of nitrogens with zero attached hydrogens (tertiary/aromatic N) is 3. The molecule has 2 heterocycles. The van der Waals surface area contributed by atoms with Crippen molar-refractivity contribution in [2.24, 2.45) is 0 Å². The van der Waals surface area contributed by atoms with Gasteiger partial charge in [0, 0.05) is 44.7 Å². The number of hydrogen-bond donors (Lipinski definition) is 1. The van der Waals surface area contributed by atoms with E-state index < -0.39 is 11.3 Å². The second-order valence-corrected chi connectivity index (χ2v) is 11.0.